The van der Waals surface area contributed by atoms with Gasteiger partial charge in [-0.05, 0) is 30.9 Å². The first-order chi connectivity index (χ1) is 10.1. The van der Waals surface area contributed by atoms with Crippen molar-refractivity contribution in [2.24, 2.45) is 0 Å². The molecule has 3 N–H and O–H groups in total. The average Bonchev–Trinajstić information content (AvgIpc) is 2.94. The summed E-state index contributed by atoms with van der Waals surface area (Å²) < 4.78 is 0. The van der Waals surface area contributed by atoms with Crippen LogP contribution in [0.1, 0.15) is 22.8 Å². The summed E-state index contributed by atoms with van der Waals surface area (Å²) in [5.41, 5.74) is 2.33. The minimum atomic E-state index is -0.918. The molecule has 0 atom stereocenters. The lowest BCUT2D eigenvalue weighted by atomic mass is 10.1. The van der Waals surface area contributed by atoms with Crippen LogP contribution in [0.4, 0.5) is 5.95 Å². The summed E-state index contributed by atoms with van der Waals surface area (Å²) in [6, 6.07) is 6.75. The molecule has 6 nitrogen and oxygen atoms in total. The first kappa shape index (κ1) is 15.1. The smallest absolute Gasteiger partial charge is 0.335 e. The number of hydrogen-bond donors (Lipinski definition) is 3. The van der Waals surface area contributed by atoms with Gasteiger partial charge in [0.2, 0.25) is 5.95 Å². The van der Waals surface area contributed by atoms with Crippen LogP contribution in [-0.2, 0) is 0 Å². The SMILES string of the molecule is CSc1nc(NCC(C)=Cc2ccc(C(=O)O)cc2)n[nH]1. The van der Waals surface area contributed by atoms with Crippen molar-refractivity contribution in [3.05, 3.63) is 41.0 Å². The van der Waals surface area contributed by atoms with Gasteiger partial charge in [-0.2, -0.15) is 4.98 Å². The minimum absolute atomic E-state index is 0.285. The highest BCUT2D eigenvalue weighted by Gasteiger charge is 2.02. The van der Waals surface area contributed by atoms with Gasteiger partial charge < -0.3 is 10.4 Å². The number of rotatable bonds is 6. The van der Waals surface area contributed by atoms with Crippen LogP contribution in [0.3, 0.4) is 0 Å². The van der Waals surface area contributed by atoms with Gasteiger partial charge in [-0.15, -0.1) is 5.10 Å². The topological polar surface area (TPSA) is 90.9 Å². The van der Waals surface area contributed by atoms with E-state index >= 15 is 0 Å². The lowest BCUT2D eigenvalue weighted by Gasteiger charge is -2.03. The van der Waals surface area contributed by atoms with Crippen molar-refractivity contribution >= 4 is 29.8 Å². The second-order valence-corrected chi connectivity index (χ2v) is 5.23. The van der Waals surface area contributed by atoms with E-state index in [0.717, 1.165) is 16.3 Å². The van der Waals surface area contributed by atoms with Gasteiger partial charge in [-0.1, -0.05) is 35.5 Å². The summed E-state index contributed by atoms with van der Waals surface area (Å²) in [6.07, 6.45) is 3.91. The molecule has 0 aliphatic carbocycles. The van der Waals surface area contributed by atoms with Gasteiger partial charge in [0.25, 0.3) is 0 Å². The Balaban J connectivity index is 1.95. The predicted octanol–water partition coefficient (Wildman–Crippen LogP) is 2.74. The zero-order valence-corrected chi connectivity index (χ0v) is 12.6. The van der Waals surface area contributed by atoms with Gasteiger partial charge >= 0.3 is 5.97 Å². The number of carboxylic acid groups (broad SMARTS) is 1. The van der Waals surface area contributed by atoms with Crippen molar-refractivity contribution in [2.45, 2.75) is 12.1 Å². The van der Waals surface area contributed by atoms with E-state index in [0.29, 0.717) is 12.5 Å². The van der Waals surface area contributed by atoms with Crippen LogP contribution < -0.4 is 5.32 Å². The van der Waals surface area contributed by atoms with Crippen LogP contribution in [0.5, 0.6) is 0 Å². The highest BCUT2D eigenvalue weighted by molar-refractivity contribution is 7.98. The zero-order chi connectivity index (χ0) is 15.2. The molecule has 0 aliphatic rings. The molecular weight excluding hydrogens is 288 g/mol. The molecule has 0 saturated heterocycles. The average molecular weight is 304 g/mol. The zero-order valence-electron chi connectivity index (χ0n) is 11.8. The number of nitrogens with zero attached hydrogens (tertiary/aromatic N) is 2. The summed E-state index contributed by atoms with van der Waals surface area (Å²) >= 11 is 1.50. The largest absolute Gasteiger partial charge is 0.478 e. The van der Waals surface area contributed by atoms with E-state index in [2.05, 4.69) is 20.5 Å². The monoisotopic (exact) mass is 304 g/mol. The molecular formula is C14H16N4O2S. The molecule has 2 aromatic rings. The van der Waals surface area contributed by atoms with Crippen LogP contribution in [0, 0.1) is 0 Å². The predicted molar refractivity (Wildman–Crippen MR) is 83.7 cm³/mol. The molecule has 7 heteroatoms. The summed E-state index contributed by atoms with van der Waals surface area (Å²) in [6.45, 7) is 2.60. The Labute approximate surface area is 126 Å². The standard InChI is InChI=1S/C14H16N4O2S/c1-9(8-15-13-16-14(21-2)18-17-13)7-10-3-5-11(6-4-10)12(19)20/h3-7H,8H2,1-2H3,(H,19,20)(H2,15,16,17,18). The third-order valence-electron chi connectivity index (χ3n) is 2.75. The Hall–Kier alpha value is -2.28. The van der Waals surface area contributed by atoms with Crippen LogP contribution in [0.25, 0.3) is 6.08 Å². The third-order valence-corrected chi connectivity index (χ3v) is 3.32. The van der Waals surface area contributed by atoms with Crippen LogP contribution >= 0.6 is 11.8 Å². The molecule has 1 heterocycles. The number of H-pyrrole nitrogens is 1. The van der Waals surface area contributed by atoms with Crippen LogP contribution in [-0.4, -0.2) is 39.1 Å². The number of thioether (sulfide) groups is 1. The number of hydrogen-bond acceptors (Lipinski definition) is 5. The Bertz CT molecular complexity index is 649. The minimum Gasteiger partial charge on any atom is -0.478 e. The molecule has 0 amide bonds. The van der Waals surface area contributed by atoms with Gasteiger partial charge in [0.1, 0.15) is 0 Å². The molecule has 0 saturated carbocycles. The van der Waals surface area contributed by atoms with Gasteiger partial charge in [-0.3, -0.25) is 5.10 Å². The van der Waals surface area contributed by atoms with Crippen molar-refractivity contribution in [1.82, 2.24) is 15.2 Å². The fourth-order valence-corrected chi connectivity index (χ4v) is 2.01. The number of aromatic amines is 1. The number of aromatic carboxylic acids is 1. The summed E-state index contributed by atoms with van der Waals surface area (Å²) in [7, 11) is 0. The molecule has 1 aromatic heterocycles. The molecule has 21 heavy (non-hydrogen) atoms. The van der Waals surface area contributed by atoms with Crippen molar-refractivity contribution in [3.63, 3.8) is 0 Å². The van der Waals surface area contributed by atoms with Crippen molar-refractivity contribution in [2.75, 3.05) is 18.1 Å². The molecule has 0 fully saturated rings. The van der Waals surface area contributed by atoms with E-state index < -0.39 is 5.97 Å². The summed E-state index contributed by atoms with van der Waals surface area (Å²) in [5, 5.41) is 19.6. The van der Waals surface area contributed by atoms with E-state index in [9.17, 15) is 4.79 Å². The van der Waals surface area contributed by atoms with E-state index in [4.69, 9.17) is 5.11 Å². The van der Waals surface area contributed by atoms with Crippen molar-refractivity contribution < 1.29 is 9.90 Å². The lowest BCUT2D eigenvalue weighted by Crippen LogP contribution is -2.04. The van der Waals surface area contributed by atoms with E-state index in [-0.39, 0.29) is 5.56 Å². The maximum Gasteiger partial charge on any atom is 0.335 e. The number of benzene rings is 1. The van der Waals surface area contributed by atoms with Gasteiger partial charge in [0, 0.05) is 6.54 Å². The molecule has 1 aromatic carbocycles. The van der Waals surface area contributed by atoms with E-state index in [1.165, 1.54) is 11.8 Å². The first-order valence-electron chi connectivity index (χ1n) is 6.29. The van der Waals surface area contributed by atoms with Crippen LogP contribution in [0.15, 0.2) is 35.0 Å². The number of aromatic nitrogens is 3. The van der Waals surface area contributed by atoms with Gasteiger partial charge in [0.15, 0.2) is 5.16 Å². The molecule has 0 bridgehead atoms. The van der Waals surface area contributed by atoms with Crippen LogP contribution in [0.2, 0.25) is 0 Å². The molecule has 0 unspecified atom stereocenters. The highest BCUT2D eigenvalue weighted by atomic mass is 32.2. The van der Waals surface area contributed by atoms with E-state index in [1.807, 2.05) is 19.3 Å². The first-order valence-corrected chi connectivity index (χ1v) is 7.52. The lowest BCUT2D eigenvalue weighted by molar-refractivity contribution is 0.0697. The fraction of sp³-hybridized carbons (Fsp3) is 0.214. The molecule has 2 rings (SSSR count). The number of carbonyl (C=O) groups is 1. The Morgan fingerprint density at radius 1 is 1.43 bits per heavy atom. The quantitative estimate of drug-likeness (QED) is 0.711. The molecule has 0 spiro atoms. The Kier molecular flexibility index (Phi) is 4.99. The Morgan fingerprint density at radius 3 is 2.71 bits per heavy atom. The van der Waals surface area contributed by atoms with Gasteiger partial charge in [0.05, 0.1) is 5.56 Å². The molecule has 0 radical (unpaired) electrons. The maximum atomic E-state index is 10.8. The van der Waals surface area contributed by atoms with E-state index in [1.54, 1.807) is 24.3 Å². The molecule has 110 valence electrons. The van der Waals surface area contributed by atoms with Gasteiger partial charge in [-0.25, -0.2) is 4.79 Å². The second-order valence-electron chi connectivity index (χ2n) is 4.44. The molecule has 0 aliphatic heterocycles. The third kappa shape index (κ3) is 4.35. The highest BCUT2D eigenvalue weighted by Crippen LogP contribution is 2.11. The second kappa shape index (κ2) is 6.94. The number of anilines is 1. The Morgan fingerprint density at radius 2 is 2.14 bits per heavy atom. The summed E-state index contributed by atoms with van der Waals surface area (Å²) in [5.74, 6) is -0.355. The fourth-order valence-electron chi connectivity index (χ4n) is 1.69. The number of carboxylic acids is 1. The number of nitrogens with one attached hydrogen (secondary N) is 2. The maximum absolute atomic E-state index is 10.8. The normalized spacial score (nSPS) is 11.4. The van der Waals surface area contributed by atoms with Crippen molar-refractivity contribution in [3.8, 4) is 0 Å². The summed E-state index contributed by atoms with van der Waals surface area (Å²) in [4.78, 5) is 15.0. The van der Waals surface area contributed by atoms with Crippen molar-refractivity contribution in [1.29, 1.82) is 0 Å².